The van der Waals surface area contributed by atoms with E-state index in [9.17, 15) is 18.0 Å². The van der Waals surface area contributed by atoms with Gasteiger partial charge in [-0.2, -0.15) is 0 Å². The molecule has 0 aliphatic heterocycles. The van der Waals surface area contributed by atoms with E-state index in [1.165, 1.54) is 13.1 Å². The van der Waals surface area contributed by atoms with Gasteiger partial charge in [0, 0.05) is 17.1 Å². The molecule has 178 valence electrons. The Balaban J connectivity index is 1.63. The lowest BCUT2D eigenvalue weighted by atomic mass is 10.1. The van der Waals surface area contributed by atoms with Crippen molar-refractivity contribution in [3.8, 4) is 11.4 Å². The predicted molar refractivity (Wildman–Crippen MR) is 132 cm³/mol. The van der Waals surface area contributed by atoms with Crippen molar-refractivity contribution in [2.75, 3.05) is 7.05 Å². The van der Waals surface area contributed by atoms with Gasteiger partial charge in [-0.05, 0) is 68.4 Å². The first-order valence-corrected chi connectivity index (χ1v) is 12.2. The third kappa shape index (κ3) is 4.88. The third-order valence-corrected chi connectivity index (χ3v) is 7.16. The molecule has 0 unspecified atom stereocenters. The van der Waals surface area contributed by atoms with Crippen LogP contribution in [0.4, 0.5) is 0 Å². The number of benzene rings is 2. The van der Waals surface area contributed by atoms with E-state index in [2.05, 4.69) is 25.5 Å². The number of rotatable bonds is 5. The minimum atomic E-state index is -3.77. The number of fused-ring (bicyclic) bond motifs is 1. The Hall–Kier alpha value is -4.15. The maximum absolute atomic E-state index is 13.1. The second-order valence-electron chi connectivity index (χ2n) is 7.82. The molecule has 9 nitrogen and oxygen atoms in total. The van der Waals surface area contributed by atoms with Crippen LogP contribution in [0.5, 0.6) is 0 Å². The number of para-hydroxylation sites is 1. The monoisotopic (exact) mass is 489 g/mol. The number of pyridine rings is 2. The Labute approximate surface area is 202 Å². The highest BCUT2D eigenvalue weighted by Gasteiger charge is 2.20. The van der Waals surface area contributed by atoms with E-state index in [4.69, 9.17) is 0 Å². The second-order valence-corrected chi connectivity index (χ2v) is 9.67. The average Bonchev–Trinajstić information content (AvgIpc) is 2.88. The van der Waals surface area contributed by atoms with Crippen molar-refractivity contribution in [2.24, 2.45) is 0 Å². The van der Waals surface area contributed by atoms with E-state index < -0.39 is 21.8 Å². The average molecular weight is 490 g/mol. The normalized spacial score (nSPS) is 11.3. The maximum atomic E-state index is 13.1. The van der Waals surface area contributed by atoms with Crippen molar-refractivity contribution in [3.63, 3.8) is 0 Å². The van der Waals surface area contributed by atoms with Gasteiger partial charge in [-0.15, -0.1) is 0 Å². The van der Waals surface area contributed by atoms with E-state index in [1.807, 2.05) is 12.1 Å². The number of carbonyl (C=O) groups is 2. The lowest BCUT2D eigenvalue weighted by Gasteiger charge is -2.14. The molecule has 0 bridgehead atoms. The molecule has 0 saturated heterocycles. The first kappa shape index (κ1) is 24.0. The number of nitrogens with one attached hydrogen (secondary N) is 3. The van der Waals surface area contributed by atoms with Crippen molar-refractivity contribution >= 4 is 32.7 Å². The SMILES string of the molecule is CNS(=O)(=O)c1cc(C(=O)NNC(=O)c2cc(-c3ccccn3)nc3ccccc23)cc(C)c1C. The Morgan fingerprint density at radius 3 is 2.29 bits per heavy atom. The second kappa shape index (κ2) is 9.61. The molecule has 2 aromatic heterocycles. The summed E-state index contributed by atoms with van der Waals surface area (Å²) in [5.41, 5.74) is 8.06. The highest BCUT2D eigenvalue weighted by molar-refractivity contribution is 7.89. The first-order chi connectivity index (χ1) is 16.7. The van der Waals surface area contributed by atoms with Gasteiger partial charge in [-0.25, -0.2) is 18.1 Å². The molecular formula is C25H23N5O4S. The Morgan fingerprint density at radius 2 is 1.57 bits per heavy atom. The number of hydrogen-bond acceptors (Lipinski definition) is 6. The van der Waals surface area contributed by atoms with E-state index in [0.29, 0.717) is 39.0 Å². The Morgan fingerprint density at radius 1 is 0.857 bits per heavy atom. The lowest BCUT2D eigenvalue weighted by molar-refractivity contribution is 0.0847. The minimum absolute atomic E-state index is 0.00314. The third-order valence-electron chi connectivity index (χ3n) is 5.62. The summed E-state index contributed by atoms with van der Waals surface area (Å²) in [7, 11) is -2.47. The van der Waals surface area contributed by atoms with Gasteiger partial charge in [-0.3, -0.25) is 25.4 Å². The summed E-state index contributed by atoms with van der Waals surface area (Å²) in [5.74, 6) is -1.21. The van der Waals surface area contributed by atoms with Crippen LogP contribution in [0.2, 0.25) is 0 Å². The van der Waals surface area contributed by atoms with E-state index >= 15 is 0 Å². The lowest BCUT2D eigenvalue weighted by Crippen LogP contribution is -2.41. The summed E-state index contributed by atoms with van der Waals surface area (Å²) in [4.78, 5) is 34.8. The molecule has 4 rings (SSSR count). The molecule has 0 fully saturated rings. The number of nitrogens with zero attached hydrogens (tertiary/aromatic N) is 2. The molecule has 10 heteroatoms. The van der Waals surface area contributed by atoms with Crippen LogP contribution in [0.3, 0.4) is 0 Å². The van der Waals surface area contributed by atoms with Crippen molar-refractivity contribution in [1.82, 2.24) is 25.5 Å². The van der Waals surface area contributed by atoms with Gasteiger partial charge in [0.15, 0.2) is 0 Å². The van der Waals surface area contributed by atoms with Gasteiger partial charge in [0.1, 0.15) is 0 Å². The summed E-state index contributed by atoms with van der Waals surface area (Å²) >= 11 is 0. The largest absolute Gasteiger partial charge is 0.270 e. The highest BCUT2D eigenvalue weighted by atomic mass is 32.2. The smallest absolute Gasteiger partial charge is 0.267 e. The standard InChI is InChI=1S/C25H23N5O4S/c1-15-12-17(13-23(16(15)2)35(33,34)26-3)24(31)29-30-25(32)19-14-22(21-10-6-7-11-27-21)28-20-9-5-4-8-18(19)20/h4-14,26H,1-3H3,(H,29,31)(H,30,32). The summed E-state index contributed by atoms with van der Waals surface area (Å²) < 4.78 is 27.0. The van der Waals surface area contributed by atoms with E-state index in [0.717, 1.165) is 0 Å². The van der Waals surface area contributed by atoms with Crippen LogP contribution in [0.25, 0.3) is 22.3 Å². The summed E-state index contributed by atoms with van der Waals surface area (Å²) in [5, 5.41) is 0.604. The van der Waals surface area contributed by atoms with Crippen molar-refractivity contribution in [2.45, 2.75) is 18.7 Å². The van der Waals surface area contributed by atoms with Crippen LogP contribution in [0, 0.1) is 13.8 Å². The highest BCUT2D eigenvalue weighted by Crippen LogP contribution is 2.24. The summed E-state index contributed by atoms with van der Waals surface area (Å²) in [6.07, 6.45) is 1.64. The molecule has 0 radical (unpaired) electrons. The van der Waals surface area contributed by atoms with Gasteiger partial charge in [0.25, 0.3) is 11.8 Å². The molecule has 0 atom stereocenters. The number of aromatic nitrogens is 2. The summed E-state index contributed by atoms with van der Waals surface area (Å²) in [6, 6.07) is 17.0. The van der Waals surface area contributed by atoms with Gasteiger partial charge in [0.05, 0.1) is 27.4 Å². The van der Waals surface area contributed by atoms with Crippen LogP contribution in [0.15, 0.2) is 71.8 Å². The minimum Gasteiger partial charge on any atom is -0.267 e. The number of hydrazine groups is 1. The zero-order valence-electron chi connectivity index (χ0n) is 19.3. The number of aryl methyl sites for hydroxylation is 1. The van der Waals surface area contributed by atoms with Crippen LogP contribution in [0.1, 0.15) is 31.8 Å². The van der Waals surface area contributed by atoms with Crippen molar-refractivity contribution in [3.05, 3.63) is 89.1 Å². The van der Waals surface area contributed by atoms with Crippen LogP contribution < -0.4 is 15.6 Å². The summed E-state index contributed by atoms with van der Waals surface area (Å²) in [6.45, 7) is 3.37. The fourth-order valence-corrected chi connectivity index (χ4v) is 4.68. The number of sulfonamides is 1. The zero-order chi connectivity index (χ0) is 25.2. The molecule has 2 heterocycles. The fourth-order valence-electron chi connectivity index (χ4n) is 3.61. The van der Waals surface area contributed by atoms with Crippen molar-refractivity contribution in [1.29, 1.82) is 0 Å². The molecular weight excluding hydrogens is 466 g/mol. The Kier molecular flexibility index (Phi) is 6.59. The quantitative estimate of drug-likeness (QED) is 0.370. The number of amides is 2. The van der Waals surface area contributed by atoms with Crippen molar-refractivity contribution < 1.29 is 18.0 Å². The van der Waals surface area contributed by atoms with E-state index in [-0.39, 0.29) is 10.5 Å². The zero-order valence-corrected chi connectivity index (χ0v) is 20.1. The van der Waals surface area contributed by atoms with Crippen LogP contribution >= 0.6 is 0 Å². The molecule has 4 aromatic rings. The molecule has 0 spiro atoms. The van der Waals surface area contributed by atoms with Crippen LogP contribution in [-0.4, -0.2) is 37.2 Å². The first-order valence-electron chi connectivity index (χ1n) is 10.7. The number of carbonyl (C=O) groups excluding carboxylic acids is 2. The van der Waals surface area contributed by atoms with Crippen LogP contribution in [-0.2, 0) is 10.0 Å². The van der Waals surface area contributed by atoms with Gasteiger partial charge >= 0.3 is 0 Å². The fraction of sp³-hybridized carbons (Fsp3) is 0.120. The number of hydrogen-bond donors (Lipinski definition) is 3. The topological polar surface area (TPSA) is 130 Å². The molecule has 35 heavy (non-hydrogen) atoms. The molecule has 2 amide bonds. The molecule has 2 aromatic carbocycles. The molecule has 0 aliphatic rings. The molecule has 0 saturated carbocycles. The maximum Gasteiger partial charge on any atom is 0.270 e. The Bertz CT molecular complexity index is 1550. The molecule has 0 aliphatic carbocycles. The van der Waals surface area contributed by atoms with Gasteiger partial charge in [-0.1, -0.05) is 24.3 Å². The predicted octanol–water partition coefficient (Wildman–Crippen LogP) is 2.90. The van der Waals surface area contributed by atoms with Gasteiger partial charge in [0.2, 0.25) is 10.0 Å². The van der Waals surface area contributed by atoms with E-state index in [1.54, 1.807) is 62.5 Å². The van der Waals surface area contributed by atoms with Gasteiger partial charge < -0.3 is 0 Å². The molecule has 3 N–H and O–H groups in total.